The van der Waals surface area contributed by atoms with Crippen LogP contribution in [0.5, 0.6) is 0 Å². The molecule has 0 amide bonds. The van der Waals surface area contributed by atoms with E-state index in [0.717, 1.165) is 18.8 Å². The fourth-order valence-corrected chi connectivity index (χ4v) is 0.906. The van der Waals surface area contributed by atoms with Crippen LogP contribution in [0.1, 0.15) is 26.7 Å². The highest BCUT2D eigenvalue weighted by Gasteiger charge is 1.99. The maximum absolute atomic E-state index is 4.34. The van der Waals surface area contributed by atoms with E-state index < -0.39 is 0 Å². The molecule has 0 radical (unpaired) electrons. The molecule has 0 saturated heterocycles. The smallest absolute Gasteiger partial charge is 0.101 e. The molecule has 1 N–H and O–H groups in total. The second-order valence-electron chi connectivity index (χ2n) is 2.65. The van der Waals surface area contributed by atoms with Crippen LogP contribution in [0.25, 0.3) is 0 Å². The van der Waals surface area contributed by atoms with Gasteiger partial charge in [-0.25, -0.2) is 0 Å². The SMILES string of the molecule is CCCC1=NCC(C)=CN1. The Bertz CT molecular complexity index is 168. The molecule has 0 saturated carbocycles. The topological polar surface area (TPSA) is 24.4 Å². The van der Waals surface area contributed by atoms with Crippen molar-refractivity contribution in [3.05, 3.63) is 11.8 Å². The third-order valence-corrected chi connectivity index (χ3v) is 1.49. The average molecular weight is 138 g/mol. The highest BCUT2D eigenvalue weighted by Crippen LogP contribution is 2.00. The Hall–Kier alpha value is -0.790. The molecule has 0 spiro atoms. The van der Waals surface area contributed by atoms with Crippen LogP contribution >= 0.6 is 0 Å². The lowest BCUT2D eigenvalue weighted by molar-refractivity contribution is 0.916. The molecule has 0 aromatic carbocycles. The van der Waals surface area contributed by atoms with Gasteiger partial charge in [-0.1, -0.05) is 6.92 Å². The van der Waals surface area contributed by atoms with E-state index >= 15 is 0 Å². The fraction of sp³-hybridized carbons (Fsp3) is 0.625. The highest BCUT2D eigenvalue weighted by molar-refractivity contribution is 5.83. The number of rotatable bonds is 2. The van der Waals surface area contributed by atoms with Crippen LogP contribution in [0.2, 0.25) is 0 Å². The zero-order valence-electron chi connectivity index (χ0n) is 6.65. The number of nitrogens with one attached hydrogen (secondary N) is 1. The minimum absolute atomic E-state index is 0.877. The first-order valence-electron chi connectivity index (χ1n) is 3.78. The Labute approximate surface area is 62.0 Å². The molecule has 0 aromatic heterocycles. The van der Waals surface area contributed by atoms with Gasteiger partial charge in [0.05, 0.1) is 6.54 Å². The first-order valence-corrected chi connectivity index (χ1v) is 3.78. The summed E-state index contributed by atoms with van der Waals surface area (Å²) in [6, 6.07) is 0. The molecule has 2 heteroatoms. The minimum atomic E-state index is 0.877. The largest absolute Gasteiger partial charge is 0.350 e. The molecule has 0 bridgehead atoms. The Morgan fingerprint density at radius 1 is 1.70 bits per heavy atom. The molecule has 2 nitrogen and oxygen atoms in total. The van der Waals surface area contributed by atoms with E-state index in [1.807, 2.05) is 6.20 Å². The summed E-state index contributed by atoms with van der Waals surface area (Å²) in [5, 5.41) is 3.16. The molecule has 1 rings (SSSR count). The number of nitrogens with zero attached hydrogens (tertiary/aromatic N) is 1. The molecule has 56 valence electrons. The van der Waals surface area contributed by atoms with Crippen LogP contribution in [-0.4, -0.2) is 12.4 Å². The zero-order valence-corrected chi connectivity index (χ0v) is 6.65. The van der Waals surface area contributed by atoms with E-state index in [9.17, 15) is 0 Å². The van der Waals surface area contributed by atoms with Gasteiger partial charge in [-0.05, 0) is 18.9 Å². The van der Waals surface area contributed by atoms with Gasteiger partial charge in [0.25, 0.3) is 0 Å². The van der Waals surface area contributed by atoms with Crippen molar-refractivity contribution >= 4 is 5.84 Å². The van der Waals surface area contributed by atoms with Crippen LogP contribution in [0.4, 0.5) is 0 Å². The molecule has 1 aliphatic rings. The Kier molecular flexibility index (Phi) is 2.49. The van der Waals surface area contributed by atoms with Gasteiger partial charge < -0.3 is 5.32 Å². The second-order valence-corrected chi connectivity index (χ2v) is 2.65. The highest BCUT2D eigenvalue weighted by atomic mass is 15.0. The van der Waals surface area contributed by atoms with Gasteiger partial charge in [0.2, 0.25) is 0 Å². The van der Waals surface area contributed by atoms with Crippen molar-refractivity contribution in [2.24, 2.45) is 4.99 Å². The van der Waals surface area contributed by atoms with Crippen LogP contribution in [0.15, 0.2) is 16.8 Å². The van der Waals surface area contributed by atoms with Gasteiger partial charge >= 0.3 is 0 Å². The van der Waals surface area contributed by atoms with Crippen molar-refractivity contribution in [1.29, 1.82) is 0 Å². The van der Waals surface area contributed by atoms with Crippen LogP contribution < -0.4 is 5.32 Å². The first kappa shape index (κ1) is 7.32. The average Bonchev–Trinajstić information content (AvgIpc) is 1.95. The van der Waals surface area contributed by atoms with Crippen LogP contribution in [0.3, 0.4) is 0 Å². The maximum Gasteiger partial charge on any atom is 0.101 e. The van der Waals surface area contributed by atoms with Gasteiger partial charge in [-0.2, -0.15) is 0 Å². The van der Waals surface area contributed by atoms with E-state index in [4.69, 9.17) is 0 Å². The summed E-state index contributed by atoms with van der Waals surface area (Å²) in [4.78, 5) is 4.34. The molecule has 1 heterocycles. The molecule has 0 aliphatic carbocycles. The predicted octanol–water partition coefficient (Wildman–Crippen LogP) is 1.69. The summed E-state index contributed by atoms with van der Waals surface area (Å²) in [5.41, 5.74) is 1.31. The second kappa shape index (κ2) is 3.40. The van der Waals surface area contributed by atoms with Crippen molar-refractivity contribution in [3.63, 3.8) is 0 Å². The molecule has 1 aliphatic heterocycles. The monoisotopic (exact) mass is 138 g/mol. The molecular weight excluding hydrogens is 124 g/mol. The van der Waals surface area contributed by atoms with Crippen molar-refractivity contribution in [3.8, 4) is 0 Å². The van der Waals surface area contributed by atoms with E-state index in [1.54, 1.807) is 0 Å². The van der Waals surface area contributed by atoms with Crippen LogP contribution in [0, 0.1) is 0 Å². The lowest BCUT2D eigenvalue weighted by atomic mass is 10.2. The van der Waals surface area contributed by atoms with Crippen molar-refractivity contribution in [2.75, 3.05) is 6.54 Å². The summed E-state index contributed by atoms with van der Waals surface area (Å²) >= 11 is 0. The normalized spacial score (nSPS) is 17.4. The van der Waals surface area contributed by atoms with Crippen molar-refractivity contribution < 1.29 is 0 Å². The molecular formula is C8H14N2. The van der Waals surface area contributed by atoms with Gasteiger partial charge in [0, 0.05) is 12.6 Å². The van der Waals surface area contributed by atoms with E-state index in [0.29, 0.717) is 0 Å². The van der Waals surface area contributed by atoms with Crippen molar-refractivity contribution in [2.45, 2.75) is 26.7 Å². The Morgan fingerprint density at radius 3 is 3.00 bits per heavy atom. The maximum atomic E-state index is 4.34. The number of aliphatic imine (C=N–C) groups is 1. The van der Waals surface area contributed by atoms with E-state index in [-0.39, 0.29) is 0 Å². The fourth-order valence-electron chi connectivity index (χ4n) is 0.906. The predicted molar refractivity (Wildman–Crippen MR) is 44.1 cm³/mol. The van der Waals surface area contributed by atoms with Crippen molar-refractivity contribution in [1.82, 2.24) is 5.32 Å². The summed E-state index contributed by atoms with van der Waals surface area (Å²) in [6.45, 7) is 5.12. The summed E-state index contributed by atoms with van der Waals surface area (Å²) < 4.78 is 0. The standard InChI is InChI=1S/C8H14N2/c1-3-4-8-9-5-7(2)6-10-8/h5H,3-4,6H2,1-2H3,(H,9,10). The molecule has 0 fully saturated rings. The Balaban J connectivity index is 2.38. The molecule has 0 aromatic rings. The number of amidine groups is 1. The Morgan fingerprint density at radius 2 is 2.50 bits per heavy atom. The van der Waals surface area contributed by atoms with Crippen LogP contribution in [-0.2, 0) is 0 Å². The minimum Gasteiger partial charge on any atom is -0.350 e. The molecule has 0 atom stereocenters. The summed E-state index contributed by atoms with van der Waals surface area (Å²) in [5.74, 6) is 1.13. The van der Waals surface area contributed by atoms with Gasteiger partial charge in [0.1, 0.15) is 5.84 Å². The lowest BCUT2D eigenvalue weighted by Crippen LogP contribution is -2.21. The lowest BCUT2D eigenvalue weighted by Gasteiger charge is -2.10. The summed E-state index contributed by atoms with van der Waals surface area (Å²) in [6.07, 6.45) is 4.28. The van der Waals surface area contributed by atoms with E-state index in [1.165, 1.54) is 12.0 Å². The first-order chi connectivity index (χ1) is 4.83. The van der Waals surface area contributed by atoms with Gasteiger partial charge in [-0.15, -0.1) is 0 Å². The molecule has 0 unspecified atom stereocenters. The van der Waals surface area contributed by atoms with E-state index in [2.05, 4.69) is 24.2 Å². The number of hydrogen-bond acceptors (Lipinski definition) is 2. The quantitative estimate of drug-likeness (QED) is 0.617. The zero-order chi connectivity index (χ0) is 7.40. The summed E-state index contributed by atoms with van der Waals surface area (Å²) in [7, 11) is 0. The molecule has 10 heavy (non-hydrogen) atoms. The third-order valence-electron chi connectivity index (χ3n) is 1.49. The van der Waals surface area contributed by atoms with Gasteiger partial charge in [0.15, 0.2) is 0 Å². The third kappa shape index (κ3) is 1.87. The number of hydrogen-bond donors (Lipinski definition) is 1. The van der Waals surface area contributed by atoms with Gasteiger partial charge in [-0.3, -0.25) is 4.99 Å².